The summed E-state index contributed by atoms with van der Waals surface area (Å²) in [6, 6.07) is 8.27. The topological polar surface area (TPSA) is 32.3 Å². The fraction of sp³-hybridized carbons (Fsp3) is 0.571. The van der Waals surface area contributed by atoms with Gasteiger partial charge in [0.1, 0.15) is 0 Å². The number of hydrogen-bond acceptors (Lipinski definition) is 2. The van der Waals surface area contributed by atoms with E-state index in [0.717, 1.165) is 24.0 Å². The highest BCUT2D eigenvalue weighted by atomic mass is 79.9. The number of rotatable bonds is 8. The van der Waals surface area contributed by atoms with Gasteiger partial charge >= 0.3 is 0 Å². The van der Waals surface area contributed by atoms with Crippen molar-refractivity contribution in [3.63, 3.8) is 0 Å². The summed E-state index contributed by atoms with van der Waals surface area (Å²) in [4.78, 5) is 0. The fourth-order valence-corrected chi connectivity index (χ4v) is 2.42. The highest BCUT2D eigenvalue weighted by Gasteiger charge is 2.06. The van der Waals surface area contributed by atoms with Gasteiger partial charge < -0.3 is 10.4 Å². The summed E-state index contributed by atoms with van der Waals surface area (Å²) in [6.45, 7) is 4.35. The number of nitrogens with one attached hydrogen (secondary N) is 1. The van der Waals surface area contributed by atoms with Crippen molar-refractivity contribution in [2.45, 2.75) is 32.7 Å². The minimum Gasteiger partial charge on any atom is -0.396 e. The predicted octanol–water partition coefficient (Wildman–Crippen LogP) is 3.34. The Bertz CT molecular complexity index is 311. The third kappa shape index (κ3) is 5.66. The van der Waals surface area contributed by atoms with Crippen LogP contribution in [0.1, 0.15) is 31.7 Å². The Morgan fingerprint density at radius 3 is 2.71 bits per heavy atom. The van der Waals surface area contributed by atoms with Crippen LogP contribution < -0.4 is 5.32 Å². The van der Waals surface area contributed by atoms with Crippen molar-refractivity contribution in [2.24, 2.45) is 5.92 Å². The van der Waals surface area contributed by atoms with Crippen LogP contribution in [-0.2, 0) is 6.54 Å². The minimum absolute atomic E-state index is 0.293. The molecule has 0 heterocycles. The first kappa shape index (κ1) is 14.7. The molecule has 1 unspecified atom stereocenters. The summed E-state index contributed by atoms with van der Waals surface area (Å²) in [5.41, 5.74) is 1.28. The van der Waals surface area contributed by atoms with E-state index in [1.165, 1.54) is 18.4 Å². The van der Waals surface area contributed by atoms with Gasteiger partial charge in [-0.15, -0.1) is 0 Å². The van der Waals surface area contributed by atoms with Crippen molar-refractivity contribution in [3.8, 4) is 0 Å². The molecule has 0 amide bonds. The zero-order chi connectivity index (χ0) is 12.5. The first-order valence-corrected chi connectivity index (χ1v) is 7.12. The van der Waals surface area contributed by atoms with Gasteiger partial charge in [-0.05, 0) is 36.9 Å². The van der Waals surface area contributed by atoms with Crippen molar-refractivity contribution < 1.29 is 5.11 Å². The van der Waals surface area contributed by atoms with Gasteiger partial charge in [0.2, 0.25) is 0 Å². The second kappa shape index (κ2) is 8.67. The van der Waals surface area contributed by atoms with E-state index >= 15 is 0 Å². The Morgan fingerprint density at radius 2 is 2.06 bits per heavy atom. The monoisotopic (exact) mass is 299 g/mol. The molecule has 0 bridgehead atoms. The van der Waals surface area contributed by atoms with Gasteiger partial charge in [0.05, 0.1) is 0 Å². The van der Waals surface area contributed by atoms with Crippen LogP contribution in [0.3, 0.4) is 0 Å². The number of aliphatic hydroxyl groups excluding tert-OH is 1. The summed E-state index contributed by atoms with van der Waals surface area (Å²) in [7, 11) is 0. The summed E-state index contributed by atoms with van der Waals surface area (Å²) in [5, 5.41) is 12.5. The summed E-state index contributed by atoms with van der Waals surface area (Å²) < 4.78 is 1.15. The highest BCUT2D eigenvalue weighted by Crippen LogP contribution is 2.16. The predicted molar refractivity (Wildman–Crippen MR) is 75.9 cm³/mol. The fourth-order valence-electron chi connectivity index (χ4n) is 1.99. The molecule has 1 aromatic rings. The van der Waals surface area contributed by atoms with Crippen LogP contribution in [-0.4, -0.2) is 18.3 Å². The standard InChI is InChI=1S/C14H22BrNO/c1-2-5-12(8-9-17)10-16-11-13-6-3-4-7-14(13)15/h3-4,6-7,12,16-17H,2,5,8-11H2,1H3. The first-order valence-electron chi connectivity index (χ1n) is 6.33. The van der Waals surface area contributed by atoms with Gasteiger partial charge in [-0.2, -0.15) is 0 Å². The maximum atomic E-state index is 8.99. The SMILES string of the molecule is CCCC(CCO)CNCc1ccccc1Br. The van der Waals surface area contributed by atoms with E-state index in [4.69, 9.17) is 5.11 Å². The Labute approximate surface area is 113 Å². The molecule has 1 aromatic carbocycles. The van der Waals surface area contributed by atoms with E-state index in [-0.39, 0.29) is 0 Å². The molecule has 0 aliphatic rings. The largest absolute Gasteiger partial charge is 0.396 e. The van der Waals surface area contributed by atoms with Gasteiger partial charge in [-0.25, -0.2) is 0 Å². The van der Waals surface area contributed by atoms with E-state index in [1.807, 2.05) is 6.07 Å². The van der Waals surface area contributed by atoms with Crippen LogP contribution >= 0.6 is 15.9 Å². The van der Waals surface area contributed by atoms with Gasteiger partial charge in [0.15, 0.2) is 0 Å². The molecule has 2 N–H and O–H groups in total. The molecule has 0 aromatic heterocycles. The molecule has 0 spiro atoms. The summed E-state index contributed by atoms with van der Waals surface area (Å²) in [5.74, 6) is 0.590. The lowest BCUT2D eigenvalue weighted by atomic mass is 10.0. The Morgan fingerprint density at radius 1 is 1.29 bits per heavy atom. The molecule has 0 aliphatic carbocycles. The van der Waals surface area contributed by atoms with Gasteiger partial charge in [-0.1, -0.05) is 47.5 Å². The van der Waals surface area contributed by atoms with Crippen molar-refractivity contribution >= 4 is 15.9 Å². The van der Waals surface area contributed by atoms with Crippen LogP contribution in [0.25, 0.3) is 0 Å². The van der Waals surface area contributed by atoms with E-state index in [9.17, 15) is 0 Å². The maximum Gasteiger partial charge on any atom is 0.0434 e. The van der Waals surface area contributed by atoms with Crippen LogP contribution in [0.15, 0.2) is 28.7 Å². The highest BCUT2D eigenvalue weighted by molar-refractivity contribution is 9.10. The first-order chi connectivity index (χ1) is 8.27. The summed E-state index contributed by atoms with van der Waals surface area (Å²) in [6.07, 6.45) is 3.27. The molecular formula is C14H22BrNO. The van der Waals surface area contributed by atoms with Crippen LogP contribution in [0, 0.1) is 5.92 Å². The van der Waals surface area contributed by atoms with Gasteiger partial charge in [-0.3, -0.25) is 0 Å². The summed E-state index contributed by atoms with van der Waals surface area (Å²) >= 11 is 3.54. The number of hydrogen-bond donors (Lipinski definition) is 2. The second-order valence-corrected chi connectivity index (χ2v) is 5.24. The van der Waals surface area contributed by atoms with E-state index in [1.54, 1.807) is 0 Å². The lowest BCUT2D eigenvalue weighted by molar-refractivity contribution is 0.248. The second-order valence-electron chi connectivity index (χ2n) is 4.39. The molecule has 0 radical (unpaired) electrons. The number of halogens is 1. The molecule has 0 saturated carbocycles. The molecule has 0 fully saturated rings. The van der Waals surface area contributed by atoms with Crippen LogP contribution in [0.5, 0.6) is 0 Å². The van der Waals surface area contributed by atoms with Crippen molar-refractivity contribution in [2.75, 3.05) is 13.2 Å². The van der Waals surface area contributed by atoms with E-state index in [0.29, 0.717) is 12.5 Å². The quantitative estimate of drug-likeness (QED) is 0.772. The van der Waals surface area contributed by atoms with Crippen molar-refractivity contribution in [1.29, 1.82) is 0 Å². The Kier molecular flexibility index (Phi) is 7.49. The van der Waals surface area contributed by atoms with Gasteiger partial charge in [0, 0.05) is 17.6 Å². The molecule has 17 heavy (non-hydrogen) atoms. The molecular weight excluding hydrogens is 278 g/mol. The zero-order valence-corrected chi connectivity index (χ0v) is 12.0. The zero-order valence-electron chi connectivity index (χ0n) is 10.5. The van der Waals surface area contributed by atoms with Crippen molar-refractivity contribution in [1.82, 2.24) is 5.32 Å². The third-order valence-electron chi connectivity index (χ3n) is 2.94. The average Bonchev–Trinajstić information content (AvgIpc) is 2.32. The molecule has 1 atom stereocenters. The van der Waals surface area contributed by atoms with Gasteiger partial charge in [0.25, 0.3) is 0 Å². The van der Waals surface area contributed by atoms with E-state index in [2.05, 4.69) is 46.4 Å². The lowest BCUT2D eigenvalue weighted by Crippen LogP contribution is -2.23. The average molecular weight is 300 g/mol. The van der Waals surface area contributed by atoms with Crippen LogP contribution in [0.4, 0.5) is 0 Å². The van der Waals surface area contributed by atoms with E-state index < -0.39 is 0 Å². The normalized spacial score (nSPS) is 12.6. The van der Waals surface area contributed by atoms with Crippen LogP contribution in [0.2, 0.25) is 0 Å². The smallest absolute Gasteiger partial charge is 0.0434 e. The molecule has 1 rings (SSSR count). The lowest BCUT2D eigenvalue weighted by Gasteiger charge is -2.16. The number of aliphatic hydroxyl groups is 1. The molecule has 96 valence electrons. The third-order valence-corrected chi connectivity index (χ3v) is 3.71. The Hall–Kier alpha value is -0.380. The Balaban J connectivity index is 2.33. The van der Waals surface area contributed by atoms with Crippen molar-refractivity contribution in [3.05, 3.63) is 34.3 Å². The molecule has 2 nitrogen and oxygen atoms in total. The maximum absolute atomic E-state index is 8.99. The molecule has 3 heteroatoms. The molecule has 0 aliphatic heterocycles. The number of benzene rings is 1. The minimum atomic E-state index is 0.293. The molecule has 0 saturated heterocycles.